The third kappa shape index (κ3) is 8.50. The molecule has 2 aromatic carbocycles. The van der Waals surface area contributed by atoms with Crippen LogP contribution in [0.25, 0.3) is 11.1 Å². The highest BCUT2D eigenvalue weighted by atomic mass is 35.5. The van der Waals surface area contributed by atoms with Crippen LogP contribution in [-0.2, 0) is 16.0 Å². The molecule has 0 aromatic heterocycles. The number of hydroxylamine groups is 2. The number of carbonyl (C=O) groups excluding carboxylic acids is 1. The number of quaternary nitrogens is 1. The minimum absolute atomic E-state index is 0.167. The lowest BCUT2D eigenvalue weighted by molar-refractivity contribution is -1.06. The number of hydrogen-bond donors (Lipinski definition) is 3. The van der Waals surface area contributed by atoms with Gasteiger partial charge >= 0.3 is 0 Å². The van der Waals surface area contributed by atoms with Crippen LogP contribution in [0, 0.1) is 6.92 Å². The first-order valence-electron chi connectivity index (χ1n) is 16.1. The van der Waals surface area contributed by atoms with Gasteiger partial charge < -0.3 is 19.7 Å². The van der Waals surface area contributed by atoms with E-state index in [4.69, 9.17) is 21.1 Å². The van der Waals surface area contributed by atoms with Gasteiger partial charge in [-0.25, -0.2) is 5.21 Å². The summed E-state index contributed by atoms with van der Waals surface area (Å²) in [7, 11) is 0. The van der Waals surface area contributed by atoms with Gasteiger partial charge in [0.05, 0.1) is 24.8 Å². The van der Waals surface area contributed by atoms with Crippen LogP contribution < -0.4 is 15.3 Å². The highest BCUT2D eigenvalue weighted by Gasteiger charge is 2.29. The van der Waals surface area contributed by atoms with Crippen molar-refractivity contribution in [1.82, 2.24) is 10.2 Å². The van der Waals surface area contributed by atoms with Gasteiger partial charge in [0.2, 0.25) is 0 Å². The Bertz CT molecular complexity index is 1300. The predicted molar refractivity (Wildman–Crippen MR) is 177 cm³/mol. The number of anilines is 1. The van der Waals surface area contributed by atoms with E-state index in [1.54, 1.807) is 6.20 Å². The minimum atomic E-state index is -0.448. The first-order valence-corrected chi connectivity index (χ1v) is 16.5. The van der Waals surface area contributed by atoms with Gasteiger partial charge in [-0.05, 0) is 74.1 Å². The standard InChI is InChI=1S/C33H43ClN4O4.C2H6/c1-4-37(28-9-13-41-14-10-28)31-19-27(26-7-5-25(6-8-26)22-36-11-15-42-16-12-36)18-29(24(31)3)33(39)35-20-32-30(34)17-23(2)21-38(32)40;1-2/h5-8,17-19,21,28,32,40H,4,9-16,20,22H2,1-3H3,(H,35,39);1-2H3/p+1. The molecule has 3 aliphatic rings. The van der Waals surface area contributed by atoms with Gasteiger partial charge in [0.25, 0.3) is 5.91 Å². The number of ether oxygens (including phenoxy) is 2. The van der Waals surface area contributed by atoms with Gasteiger partial charge in [-0.15, -0.1) is 0 Å². The fourth-order valence-electron chi connectivity index (χ4n) is 6.17. The lowest BCUT2D eigenvalue weighted by Gasteiger charge is -2.37. The van der Waals surface area contributed by atoms with Crippen molar-refractivity contribution in [1.29, 1.82) is 0 Å². The van der Waals surface area contributed by atoms with E-state index in [0.717, 1.165) is 93.4 Å². The molecule has 240 valence electrons. The van der Waals surface area contributed by atoms with Crippen molar-refractivity contribution < 1.29 is 24.5 Å². The molecular weight excluding hydrogens is 576 g/mol. The van der Waals surface area contributed by atoms with E-state index in [9.17, 15) is 10.0 Å². The largest absolute Gasteiger partial charge is 0.381 e. The fraction of sp³-hybridized carbons (Fsp3) is 0.514. The van der Waals surface area contributed by atoms with E-state index in [0.29, 0.717) is 16.6 Å². The number of hydrogen-bond acceptors (Lipinski definition) is 6. The van der Waals surface area contributed by atoms with Crippen molar-refractivity contribution in [2.24, 2.45) is 0 Å². The summed E-state index contributed by atoms with van der Waals surface area (Å²) < 4.78 is 11.1. The van der Waals surface area contributed by atoms with Crippen LogP contribution in [-0.4, -0.2) is 80.7 Å². The second kappa shape index (κ2) is 16.5. The Kier molecular flexibility index (Phi) is 12.8. The molecule has 3 aliphatic heterocycles. The maximum atomic E-state index is 13.8. The van der Waals surface area contributed by atoms with Crippen LogP contribution in [0.5, 0.6) is 0 Å². The molecular formula is C35H50ClN4O4+. The minimum Gasteiger partial charge on any atom is -0.381 e. The lowest BCUT2D eigenvalue weighted by atomic mass is 9.94. The Hall–Kier alpha value is -2.72. The monoisotopic (exact) mass is 625 g/mol. The Morgan fingerprint density at radius 2 is 1.70 bits per heavy atom. The number of nitrogens with zero attached hydrogens (tertiary/aromatic N) is 2. The molecule has 1 amide bonds. The summed E-state index contributed by atoms with van der Waals surface area (Å²) in [5.74, 6) is -0.175. The molecule has 2 fully saturated rings. The van der Waals surface area contributed by atoms with Crippen molar-refractivity contribution in [2.75, 3.05) is 57.5 Å². The first-order chi connectivity index (χ1) is 21.3. The van der Waals surface area contributed by atoms with Crippen LogP contribution in [0.3, 0.4) is 0 Å². The van der Waals surface area contributed by atoms with Gasteiger partial charge in [0, 0.05) is 62.3 Å². The number of carbonyl (C=O) groups is 1. The summed E-state index contributed by atoms with van der Waals surface area (Å²) in [4.78, 5) is 18.6. The molecule has 8 nitrogen and oxygen atoms in total. The van der Waals surface area contributed by atoms with E-state index in [2.05, 4.69) is 52.4 Å². The number of morpholine rings is 1. The topological polar surface area (TPSA) is 78.7 Å². The lowest BCUT2D eigenvalue weighted by Crippen LogP contribution is -3.11. The molecule has 2 unspecified atom stereocenters. The van der Waals surface area contributed by atoms with Crippen LogP contribution in [0.1, 0.15) is 62.0 Å². The summed E-state index contributed by atoms with van der Waals surface area (Å²) >= 11 is 6.45. The second-order valence-electron chi connectivity index (χ2n) is 11.5. The summed E-state index contributed by atoms with van der Waals surface area (Å²) in [5.41, 5.74) is 6.89. The summed E-state index contributed by atoms with van der Waals surface area (Å²) in [6.45, 7) is 17.0. The number of benzene rings is 2. The predicted octanol–water partition coefficient (Wildman–Crippen LogP) is 4.94. The molecule has 3 N–H and O–H groups in total. The molecule has 2 saturated heterocycles. The highest BCUT2D eigenvalue weighted by Crippen LogP contribution is 2.34. The Labute approximate surface area is 268 Å². The van der Waals surface area contributed by atoms with Gasteiger partial charge in [0.15, 0.2) is 6.04 Å². The quantitative estimate of drug-likeness (QED) is 0.367. The van der Waals surface area contributed by atoms with E-state index in [1.807, 2.05) is 39.8 Å². The zero-order valence-electron chi connectivity index (χ0n) is 27.0. The van der Waals surface area contributed by atoms with E-state index in [1.165, 1.54) is 5.56 Å². The zero-order chi connectivity index (χ0) is 31.6. The van der Waals surface area contributed by atoms with Crippen LogP contribution in [0.15, 0.2) is 59.3 Å². The molecule has 5 rings (SSSR count). The van der Waals surface area contributed by atoms with Gasteiger partial charge in [-0.2, -0.15) is 5.06 Å². The molecule has 0 bridgehead atoms. The van der Waals surface area contributed by atoms with Crippen molar-refractivity contribution in [3.63, 3.8) is 0 Å². The number of nitrogens with one attached hydrogen (secondary N) is 2. The van der Waals surface area contributed by atoms with Crippen molar-refractivity contribution in [3.8, 4) is 11.1 Å². The molecule has 2 aromatic rings. The average Bonchev–Trinajstić information content (AvgIpc) is 3.04. The maximum absolute atomic E-state index is 13.8. The van der Waals surface area contributed by atoms with Gasteiger partial charge in [0.1, 0.15) is 6.20 Å². The first kappa shape index (κ1) is 34.2. The summed E-state index contributed by atoms with van der Waals surface area (Å²) in [6, 6.07) is 12.8. The Morgan fingerprint density at radius 1 is 1.05 bits per heavy atom. The second-order valence-corrected chi connectivity index (χ2v) is 11.9. The number of rotatable bonds is 9. The van der Waals surface area contributed by atoms with E-state index >= 15 is 0 Å². The molecule has 44 heavy (non-hydrogen) atoms. The third-order valence-electron chi connectivity index (χ3n) is 8.60. The molecule has 2 atom stereocenters. The summed E-state index contributed by atoms with van der Waals surface area (Å²) in [6.07, 6.45) is 5.45. The number of amides is 1. The SMILES string of the molecule is CC.CCN(c1cc(-c2ccc(CN3CCOCC3)cc2)cc(C(=O)NCC2C(Cl)=CC(C)=C[NH+]2O)c1C)C1CCOCC1. The van der Waals surface area contributed by atoms with Gasteiger partial charge in [-0.1, -0.05) is 49.7 Å². The van der Waals surface area contributed by atoms with Crippen molar-refractivity contribution in [3.05, 3.63) is 76.0 Å². The third-order valence-corrected chi connectivity index (χ3v) is 8.97. The smallest absolute Gasteiger partial charge is 0.251 e. The number of halogens is 1. The molecule has 3 heterocycles. The zero-order valence-corrected chi connectivity index (χ0v) is 27.8. The van der Waals surface area contributed by atoms with E-state index in [-0.39, 0.29) is 17.5 Å². The highest BCUT2D eigenvalue weighted by molar-refractivity contribution is 6.30. The van der Waals surface area contributed by atoms with Gasteiger partial charge in [-0.3, -0.25) is 9.69 Å². The number of allylic oxidation sites excluding steroid dienone is 2. The average molecular weight is 626 g/mol. The molecule has 0 spiro atoms. The molecule has 9 heteroatoms. The molecule has 0 saturated carbocycles. The van der Waals surface area contributed by atoms with Crippen LogP contribution in [0.4, 0.5) is 5.69 Å². The van der Waals surface area contributed by atoms with E-state index < -0.39 is 6.04 Å². The van der Waals surface area contributed by atoms with Crippen LogP contribution in [0.2, 0.25) is 0 Å². The molecule has 0 aliphatic carbocycles. The summed E-state index contributed by atoms with van der Waals surface area (Å²) in [5, 5.41) is 14.2. The Morgan fingerprint density at radius 3 is 2.34 bits per heavy atom. The van der Waals surface area contributed by atoms with Crippen molar-refractivity contribution in [2.45, 2.75) is 66.1 Å². The Balaban J connectivity index is 0.00000216. The van der Waals surface area contributed by atoms with Crippen LogP contribution >= 0.6 is 11.6 Å². The van der Waals surface area contributed by atoms with Crippen molar-refractivity contribution >= 4 is 23.2 Å². The fourth-order valence-corrected chi connectivity index (χ4v) is 6.53. The maximum Gasteiger partial charge on any atom is 0.251 e. The normalized spacial score (nSPS) is 21.1. The molecule has 0 radical (unpaired) electrons.